The summed E-state index contributed by atoms with van der Waals surface area (Å²) in [7, 11) is 0. The van der Waals surface area contributed by atoms with Gasteiger partial charge in [0.2, 0.25) is 17.7 Å². The molecule has 26 heavy (non-hydrogen) atoms. The van der Waals surface area contributed by atoms with Gasteiger partial charge in [0.25, 0.3) is 0 Å². The third-order valence-corrected chi connectivity index (χ3v) is 3.66. The molecule has 0 aromatic heterocycles. The number of carboxylic acids is 1. The Hall–Kier alpha value is -2.24. The van der Waals surface area contributed by atoms with Crippen LogP contribution in [0.1, 0.15) is 39.0 Å². The Morgan fingerprint density at radius 2 is 1.65 bits per heavy atom. The lowest BCUT2D eigenvalue weighted by molar-refractivity contribution is -0.145. The summed E-state index contributed by atoms with van der Waals surface area (Å²) in [6, 6.07) is -3.65. The van der Waals surface area contributed by atoms with Crippen molar-refractivity contribution < 1.29 is 29.4 Å². The Bertz CT molecular complexity index is 499. The quantitative estimate of drug-likeness (QED) is 0.166. The number of carbonyl (C=O) groups is 4. The van der Waals surface area contributed by atoms with Crippen molar-refractivity contribution in [2.24, 2.45) is 17.2 Å². The summed E-state index contributed by atoms with van der Waals surface area (Å²) in [5.41, 5.74) is 16.2. The fourth-order valence-electron chi connectivity index (χ4n) is 2.12. The van der Waals surface area contributed by atoms with Gasteiger partial charge in [-0.15, -0.1) is 0 Å². The molecule has 4 atom stereocenters. The maximum absolute atomic E-state index is 12.3. The van der Waals surface area contributed by atoms with E-state index in [0.29, 0.717) is 25.8 Å². The van der Waals surface area contributed by atoms with Crippen LogP contribution in [0.15, 0.2) is 0 Å². The van der Waals surface area contributed by atoms with Gasteiger partial charge < -0.3 is 38.0 Å². The zero-order valence-electron chi connectivity index (χ0n) is 14.8. The lowest BCUT2D eigenvalue weighted by Crippen LogP contribution is -2.56. The van der Waals surface area contributed by atoms with Crippen molar-refractivity contribution in [3.63, 3.8) is 0 Å². The fraction of sp³-hybridized carbons (Fsp3) is 0.733. The van der Waals surface area contributed by atoms with Gasteiger partial charge in [0.1, 0.15) is 6.04 Å². The molecule has 11 nitrogen and oxygen atoms in total. The smallest absolute Gasteiger partial charge is 0.328 e. The van der Waals surface area contributed by atoms with Gasteiger partial charge in [-0.25, -0.2) is 4.79 Å². The highest BCUT2D eigenvalue weighted by molar-refractivity contribution is 5.92. The van der Waals surface area contributed by atoms with Crippen LogP contribution >= 0.6 is 0 Å². The van der Waals surface area contributed by atoms with E-state index < -0.39 is 47.9 Å². The van der Waals surface area contributed by atoms with Crippen molar-refractivity contribution >= 4 is 23.7 Å². The number of aliphatic hydroxyl groups is 1. The van der Waals surface area contributed by atoms with Gasteiger partial charge in [0, 0.05) is 6.42 Å². The number of amides is 3. The van der Waals surface area contributed by atoms with Crippen molar-refractivity contribution in [3.8, 4) is 0 Å². The van der Waals surface area contributed by atoms with E-state index in [0.717, 1.165) is 0 Å². The molecule has 0 radical (unpaired) electrons. The Morgan fingerprint density at radius 3 is 2.12 bits per heavy atom. The van der Waals surface area contributed by atoms with Gasteiger partial charge >= 0.3 is 5.97 Å². The minimum absolute atomic E-state index is 0.130. The largest absolute Gasteiger partial charge is 0.480 e. The van der Waals surface area contributed by atoms with Crippen molar-refractivity contribution in [2.75, 3.05) is 6.54 Å². The summed E-state index contributed by atoms with van der Waals surface area (Å²) >= 11 is 0. The molecule has 150 valence electrons. The van der Waals surface area contributed by atoms with Crippen LogP contribution in [0, 0.1) is 0 Å². The van der Waals surface area contributed by atoms with E-state index in [2.05, 4.69) is 10.6 Å². The number of hydrogen-bond donors (Lipinski definition) is 7. The molecule has 0 bridgehead atoms. The Morgan fingerprint density at radius 1 is 1.04 bits per heavy atom. The minimum atomic E-state index is -1.56. The van der Waals surface area contributed by atoms with Crippen LogP contribution in [-0.2, 0) is 19.2 Å². The Balaban J connectivity index is 4.97. The first kappa shape index (κ1) is 23.8. The molecule has 0 aliphatic carbocycles. The van der Waals surface area contributed by atoms with Gasteiger partial charge in [0.15, 0.2) is 6.04 Å². The molecule has 0 heterocycles. The normalized spacial score (nSPS) is 15.4. The number of nitrogens with one attached hydrogen (secondary N) is 2. The first-order valence-corrected chi connectivity index (χ1v) is 8.35. The fourth-order valence-corrected chi connectivity index (χ4v) is 2.12. The molecule has 0 aromatic rings. The second kappa shape index (κ2) is 12.2. The summed E-state index contributed by atoms with van der Waals surface area (Å²) in [5, 5.41) is 23.0. The number of primary amides is 1. The molecule has 0 aliphatic rings. The predicted molar refractivity (Wildman–Crippen MR) is 92.5 cm³/mol. The molecular formula is C15H29N5O6. The van der Waals surface area contributed by atoms with Crippen LogP contribution in [0.4, 0.5) is 0 Å². The summed E-state index contributed by atoms with van der Waals surface area (Å²) in [4.78, 5) is 46.4. The monoisotopic (exact) mass is 375 g/mol. The SMILES string of the molecule is C[C@@H](O)[C@H](NC(=O)[C@H](CCC(N)=O)NC(=O)[C@@H](N)CCCCN)C(=O)O. The van der Waals surface area contributed by atoms with Crippen LogP contribution in [-0.4, -0.2) is 64.7 Å². The van der Waals surface area contributed by atoms with E-state index >= 15 is 0 Å². The third-order valence-electron chi connectivity index (χ3n) is 3.66. The highest BCUT2D eigenvalue weighted by Gasteiger charge is 2.30. The number of hydrogen-bond acceptors (Lipinski definition) is 7. The standard InChI is InChI=1S/C15H29N5O6/c1-8(21)12(15(25)26)20-14(24)10(5-6-11(18)22)19-13(23)9(17)4-2-3-7-16/h8-10,12,21H,2-7,16-17H2,1H3,(H2,18,22)(H,19,23)(H,20,24)(H,25,26)/t8-,9+,10+,12+/m1/s1. The maximum atomic E-state index is 12.3. The van der Waals surface area contributed by atoms with E-state index in [1.165, 1.54) is 6.92 Å². The number of rotatable bonds is 13. The Kier molecular flexibility index (Phi) is 11.1. The highest BCUT2D eigenvalue weighted by atomic mass is 16.4. The summed E-state index contributed by atoms with van der Waals surface area (Å²) in [5.74, 6) is -3.60. The van der Waals surface area contributed by atoms with Crippen molar-refractivity contribution in [1.29, 1.82) is 0 Å². The summed E-state index contributed by atoms with van der Waals surface area (Å²) in [6.07, 6.45) is -0.00368. The van der Waals surface area contributed by atoms with Gasteiger partial charge in [-0.1, -0.05) is 6.42 Å². The number of aliphatic hydroxyl groups excluding tert-OH is 1. The van der Waals surface area contributed by atoms with Gasteiger partial charge in [0.05, 0.1) is 12.1 Å². The molecular weight excluding hydrogens is 346 g/mol. The molecule has 0 aliphatic heterocycles. The summed E-state index contributed by atoms with van der Waals surface area (Å²) in [6.45, 7) is 1.66. The molecule has 0 saturated carbocycles. The molecule has 0 fully saturated rings. The van der Waals surface area contributed by atoms with Crippen molar-refractivity contribution in [2.45, 2.75) is 63.3 Å². The van der Waals surface area contributed by atoms with Gasteiger partial charge in [-0.05, 0) is 32.7 Å². The van der Waals surface area contributed by atoms with E-state index in [9.17, 15) is 24.3 Å². The van der Waals surface area contributed by atoms with E-state index in [1.807, 2.05) is 0 Å². The molecule has 10 N–H and O–H groups in total. The molecule has 3 amide bonds. The topological polar surface area (TPSA) is 211 Å². The number of unbranched alkanes of at least 4 members (excludes halogenated alkanes) is 1. The molecule has 0 aromatic carbocycles. The number of carboxylic acid groups (broad SMARTS) is 1. The van der Waals surface area contributed by atoms with Crippen LogP contribution < -0.4 is 27.8 Å². The molecule has 0 spiro atoms. The van der Waals surface area contributed by atoms with Crippen molar-refractivity contribution in [1.82, 2.24) is 10.6 Å². The minimum Gasteiger partial charge on any atom is -0.480 e. The molecule has 0 rings (SSSR count). The van der Waals surface area contributed by atoms with E-state index in [4.69, 9.17) is 22.3 Å². The average Bonchev–Trinajstić information content (AvgIpc) is 2.55. The zero-order valence-corrected chi connectivity index (χ0v) is 14.8. The molecule has 0 saturated heterocycles. The van der Waals surface area contributed by atoms with Crippen LogP contribution in [0.25, 0.3) is 0 Å². The average molecular weight is 375 g/mol. The zero-order chi connectivity index (χ0) is 20.3. The van der Waals surface area contributed by atoms with Crippen LogP contribution in [0.2, 0.25) is 0 Å². The second-order valence-corrected chi connectivity index (χ2v) is 6.02. The first-order valence-electron chi connectivity index (χ1n) is 8.35. The van der Waals surface area contributed by atoms with Crippen LogP contribution in [0.3, 0.4) is 0 Å². The maximum Gasteiger partial charge on any atom is 0.328 e. The van der Waals surface area contributed by atoms with Gasteiger partial charge in [-0.3, -0.25) is 14.4 Å². The lowest BCUT2D eigenvalue weighted by atomic mass is 10.1. The van der Waals surface area contributed by atoms with Crippen LogP contribution in [0.5, 0.6) is 0 Å². The number of carbonyl (C=O) groups excluding carboxylic acids is 3. The highest BCUT2D eigenvalue weighted by Crippen LogP contribution is 2.03. The predicted octanol–water partition coefficient (Wildman–Crippen LogP) is -2.86. The Labute approximate surface area is 151 Å². The first-order chi connectivity index (χ1) is 12.1. The summed E-state index contributed by atoms with van der Waals surface area (Å²) < 4.78 is 0. The number of nitrogens with two attached hydrogens (primary N) is 3. The lowest BCUT2D eigenvalue weighted by Gasteiger charge is -2.23. The van der Waals surface area contributed by atoms with Gasteiger partial charge in [-0.2, -0.15) is 0 Å². The van der Waals surface area contributed by atoms with E-state index in [1.54, 1.807) is 0 Å². The van der Waals surface area contributed by atoms with E-state index in [-0.39, 0.29) is 12.8 Å². The second-order valence-electron chi connectivity index (χ2n) is 6.02. The number of aliphatic carboxylic acids is 1. The third kappa shape index (κ3) is 9.30. The van der Waals surface area contributed by atoms with Crippen molar-refractivity contribution in [3.05, 3.63) is 0 Å². The molecule has 0 unspecified atom stereocenters. The molecule has 11 heteroatoms.